The van der Waals surface area contributed by atoms with Crippen molar-refractivity contribution in [3.63, 3.8) is 0 Å². The van der Waals surface area contributed by atoms with Crippen molar-refractivity contribution in [3.05, 3.63) is 23.9 Å². The van der Waals surface area contributed by atoms with Gasteiger partial charge in [-0.2, -0.15) is 13.2 Å². The van der Waals surface area contributed by atoms with Gasteiger partial charge in [-0.15, -0.1) is 11.6 Å². The second-order valence-electron chi connectivity index (χ2n) is 4.63. The summed E-state index contributed by atoms with van der Waals surface area (Å²) in [7, 11) is 0. The second kappa shape index (κ2) is 4.96. The van der Waals surface area contributed by atoms with Gasteiger partial charge in [-0.3, -0.25) is 0 Å². The van der Waals surface area contributed by atoms with Crippen LogP contribution >= 0.6 is 11.6 Å². The Morgan fingerprint density at radius 3 is 2.78 bits per heavy atom. The van der Waals surface area contributed by atoms with E-state index in [1.807, 2.05) is 4.90 Å². The SMILES string of the molecule is CC1CCN(c2cc(C(F)(F)F)ccn2)CC1Cl. The summed E-state index contributed by atoms with van der Waals surface area (Å²) in [6.07, 6.45) is -2.27. The second-order valence-corrected chi connectivity index (χ2v) is 5.19. The van der Waals surface area contributed by atoms with Crippen molar-refractivity contribution < 1.29 is 13.2 Å². The van der Waals surface area contributed by atoms with Crippen molar-refractivity contribution >= 4 is 17.4 Å². The van der Waals surface area contributed by atoms with Crippen LogP contribution in [0.2, 0.25) is 0 Å². The molecule has 0 amide bonds. The fourth-order valence-corrected chi connectivity index (χ4v) is 2.29. The average Bonchev–Trinajstić information content (AvgIpc) is 2.32. The fraction of sp³-hybridized carbons (Fsp3) is 0.583. The van der Waals surface area contributed by atoms with E-state index in [0.29, 0.717) is 24.8 Å². The van der Waals surface area contributed by atoms with E-state index in [2.05, 4.69) is 11.9 Å². The van der Waals surface area contributed by atoms with Crippen LogP contribution in [0, 0.1) is 5.92 Å². The van der Waals surface area contributed by atoms with Gasteiger partial charge >= 0.3 is 6.18 Å². The quantitative estimate of drug-likeness (QED) is 0.730. The highest BCUT2D eigenvalue weighted by atomic mass is 35.5. The molecule has 100 valence electrons. The third kappa shape index (κ3) is 2.88. The fourth-order valence-electron chi connectivity index (χ4n) is 2.00. The summed E-state index contributed by atoms with van der Waals surface area (Å²) in [5.41, 5.74) is -0.669. The molecule has 2 unspecified atom stereocenters. The maximum atomic E-state index is 12.6. The van der Waals surface area contributed by atoms with E-state index in [0.717, 1.165) is 18.6 Å². The van der Waals surface area contributed by atoms with Gasteiger partial charge in [0.15, 0.2) is 0 Å². The zero-order valence-electron chi connectivity index (χ0n) is 9.91. The molecule has 1 aliphatic heterocycles. The van der Waals surface area contributed by atoms with Crippen molar-refractivity contribution in [2.75, 3.05) is 18.0 Å². The summed E-state index contributed by atoms with van der Waals surface area (Å²) < 4.78 is 37.8. The number of alkyl halides is 4. The van der Waals surface area contributed by atoms with Crippen LogP contribution in [-0.4, -0.2) is 23.5 Å². The molecule has 18 heavy (non-hydrogen) atoms. The van der Waals surface area contributed by atoms with Gasteiger partial charge in [0.2, 0.25) is 0 Å². The van der Waals surface area contributed by atoms with E-state index in [-0.39, 0.29) is 5.38 Å². The van der Waals surface area contributed by atoms with E-state index in [9.17, 15) is 13.2 Å². The molecule has 1 saturated heterocycles. The molecule has 2 heterocycles. The summed E-state index contributed by atoms with van der Waals surface area (Å²) >= 11 is 6.15. The van der Waals surface area contributed by atoms with E-state index in [1.54, 1.807) is 0 Å². The molecule has 6 heteroatoms. The lowest BCUT2D eigenvalue weighted by Crippen LogP contribution is -2.40. The highest BCUT2D eigenvalue weighted by Gasteiger charge is 2.32. The zero-order chi connectivity index (χ0) is 13.3. The van der Waals surface area contributed by atoms with Gasteiger partial charge in [-0.25, -0.2) is 4.98 Å². The molecule has 0 aliphatic carbocycles. The number of rotatable bonds is 1. The van der Waals surface area contributed by atoms with Gasteiger partial charge < -0.3 is 4.90 Å². The third-order valence-electron chi connectivity index (χ3n) is 3.26. The number of piperidine rings is 1. The Morgan fingerprint density at radius 1 is 1.44 bits per heavy atom. The minimum absolute atomic E-state index is 0.0462. The lowest BCUT2D eigenvalue weighted by atomic mass is 9.98. The predicted octanol–water partition coefficient (Wildman–Crippen LogP) is 3.55. The van der Waals surface area contributed by atoms with Crippen LogP contribution in [0.3, 0.4) is 0 Å². The molecule has 0 bridgehead atoms. The minimum atomic E-state index is -4.33. The molecule has 0 spiro atoms. The Hall–Kier alpha value is -0.970. The first-order chi connectivity index (χ1) is 8.38. The average molecular weight is 279 g/mol. The molecule has 0 N–H and O–H groups in total. The van der Waals surface area contributed by atoms with Crippen molar-refractivity contribution in [3.8, 4) is 0 Å². The summed E-state index contributed by atoms with van der Waals surface area (Å²) in [4.78, 5) is 5.82. The minimum Gasteiger partial charge on any atom is -0.355 e. The first kappa shape index (κ1) is 13.5. The molecule has 2 atom stereocenters. The predicted molar refractivity (Wildman–Crippen MR) is 64.9 cm³/mol. The third-order valence-corrected chi connectivity index (χ3v) is 3.83. The molecule has 1 fully saturated rings. The van der Waals surface area contributed by atoms with Crippen LogP contribution in [-0.2, 0) is 6.18 Å². The number of hydrogen-bond donors (Lipinski definition) is 0. The summed E-state index contributed by atoms with van der Waals surface area (Å²) in [6, 6.07) is 2.06. The summed E-state index contributed by atoms with van der Waals surface area (Å²) in [6.45, 7) is 3.28. The van der Waals surface area contributed by atoms with Gasteiger partial charge in [-0.05, 0) is 24.5 Å². The first-order valence-electron chi connectivity index (χ1n) is 5.80. The van der Waals surface area contributed by atoms with Crippen molar-refractivity contribution in [2.24, 2.45) is 5.92 Å². The molecule has 1 aromatic heterocycles. The lowest BCUT2D eigenvalue weighted by Gasteiger charge is -2.34. The zero-order valence-corrected chi connectivity index (χ0v) is 10.7. The van der Waals surface area contributed by atoms with E-state index < -0.39 is 11.7 Å². The monoisotopic (exact) mass is 278 g/mol. The molecule has 2 nitrogen and oxygen atoms in total. The van der Waals surface area contributed by atoms with Gasteiger partial charge in [-0.1, -0.05) is 6.92 Å². The Bertz CT molecular complexity index is 422. The number of halogens is 4. The van der Waals surface area contributed by atoms with Gasteiger partial charge in [0.1, 0.15) is 5.82 Å². The maximum Gasteiger partial charge on any atom is 0.416 e. The maximum absolute atomic E-state index is 12.6. The van der Waals surface area contributed by atoms with Crippen LogP contribution < -0.4 is 4.90 Å². The smallest absolute Gasteiger partial charge is 0.355 e. The van der Waals surface area contributed by atoms with Crippen LogP contribution in [0.5, 0.6) is 0 Å². The standard InChI is InChI=1S/C12H14ClF3N2/c1-8-3-5-18(7-10(8)13)11-6-9(2-4-17-11)12(14,15)16/h2,4,6,8,10H,3,5,7H2,1H3. The summed E-state index contributed by atoms with van der Waals surface area (Å²) in [5.74, 6) is 0.732. The highest BCUT2D eigenvalue weighted by molar-refractivity contribution is 6.21. The Labute approximate surface area is 109 Å². The number of pyridine rings is 1. The molecule has 0 aromatic carbocycles. The van der Waals surface area contributed by atoms with Crippen LogP contribution in [0.4, 0.5) is 19.0 Å². The largest absolute Gasteiger partial charge is 0.416 e. The molecule has 1 aliphatic rings. The van der Waals surface area contributed by atoms with Gasteiger partial charge in [0, 0.05) is 19.3 Å². The number of hydrogen-bond acceptors (Lipinski definition) is 2. The van der Waals surface area contributed by atoms with Gasteiger partial charge in [0.05, 0.1) is 10.9 Å². The Kier molecular flexibility index (Phi) is 3.71. The summed E-state index contributed by atoms with van der Waals surface area (Å²) in [5, 5.41) is -0.0462. The Morgan fingerprint density at radius 2 is 2.17 bits per heavy atom. The normalized spacial score (nSPS) is 25.3. The van der Waals surface area contributed by atoms with E-state index >= 15 is 0 Å². The van der Waals surface area contributed by atoms with Gasteiger partial charge in [0.25, 0.3) is 0 Å². The van der Waals surface area contributed by atoms with Crippen LogP contribution in [0.15, 0.2) is 18.3 Å². The molecule has 2 rings (SSSR count). The van der Waals surface area contributed by atoms with Crippen LogP contribution in [0.25, 0.3) is 0 Å². The number of aromatic nitrogens is 1. The molecule has 1 aromatic rings. The molecule has 0 saturated carbocycles. The van der Waals surface area contributed by atoms with Crippen molar-refractivity contribution in [1.29, 1.82) is 0 Å². The topological polar surface area (TPSA) is 16.1 Å². The highest BCUT2D eigenvalue weighted by Crippen LogP contribution is 2.32. The van der Waals surface area contributed by atoms with E-state index in [1.165, 1.54) is 6.20 Å². The number of nitrogens with zero attached hydrogens (tertiary/aromatic N) is 2. The van der Waals surface area contributed by atoms with Crippen LogP contribution in [0.1, 0.15) is 18.9 Å². The number of anilines is 1. The first-order valence-corrected chi connectivity index (χ1v) is 6.24. The van der Waals surface area contributed by atoms with Crippen molar-refractivity contribution in [1.82, 2.24) is 4.98 Å². The Balaban J connectivity index is 2.19. The molecular weight excluding hydrogens is 265 g/mol. The van der Waals surface area contributed by atoms with E-state index in [4.69, 9.17) is 11.6 Å². The molecular formula is C12H14ClF3N2. The lowest BCUT2D eigenvalue weighted by molar-refractivity contribution is -0.137. The molecule has 0 radical (unpaired) electrons. The van der Waals surface area contributed by atoms with Crippen molar-refractivity contribution in [2.45, 2.75) is 24.9 Å².